The highest BCUT2D eigenvalue weighted by Gasteiger charge is 2.08. The number of aryl methyl sites for hydroxylation is 1. The van der Waals surface area contributed by atoms with Crippen LogP contribution >= 0.6 is 22.6 Å². The van der Waals surface area contributed by atoms with Crippen LogP contribution in [0.3, 0.4) is 0 Å². The summed E-state index contributed by atoms with van der Waals surface area (Å²) in [7, 11) is 0. The number of rotatable bonds is 1. The third-order valence-electron chi connectivity index (χ3n) is 2.91. The molecule has 0 spiro atoms. The molecule has 0 unspecified atom stereocenters. The first-order valence-electron chi connectivity index (χ1n) is 5.76. The van der Waals surface area contributed by atoms with Crippen LogP contribution in [0.2, 0.25) is 0 Å². The lowest BCUT2D eigenvalue weighted by atomic mass is 10.1. The summed E-state index contributed by atoms with van der Waals surface area (Å²) in [5.74, 6) is 0. The average molecular weight is 363 g/mol. The van der Waals surface area contributed by atoms with Crippen LogP contribution in [-0.4, -0.2) is 15.0 Å². The van der Waals surface area contributed by atoms with Crippen LogP contribution in [-0.2, 0) is 0 Å². The lowest BCUT2D eigenvalue weighted by molar-refractivity contribution is 1.14. The molecule has 0 bridgehead atoms. The highest BCUT2D eigenvalue weighted by molar-refractivity contribution is 14.1. The van der Waals surface area contributed by atoms with Gasteiger partial charge in [0.25, 0.3) is 5.56 Å². The summed E-state index contributed by atoms with van der Waals surface area (Å²) in [6.45, 7) is 1.94. The van der Waals surface area contributed by atoms with Crippen LogP contribution in [0.25, 0.3) is 22.3 Å². The van der Waals surface area contributed by atoms with Crippen LogP contribution in [0.1, 0.15) is 5.56 Å². The van der Waals surface area contributed by atoms with E-state index in [4.69, 9.17) is 0 Å². The summed E-state index contributed by atoms with van der Waals surface area (Å²) in [6, 6.07) is 9.98. The van der Waals surface area contributed by atoms with Crippen molar-refractivity contribution in [1.82, 2.24) is 15.0 Å². The molecule has 1 aromatic carbocycles. The number of H-pyrrole nitrogens is 1. The second-order valence-corrected chi connectivity index (χ2v) is 5.51. The molecule has 5 heteroatoms. The van der Waals surface area contributed by atoms with Gasteiger partial charge in [0.15, 0.2) is 5.52 Å². The van der Waals surface area contributed by atoms with E-state index in [0.29, 0.717) is 11.0 Å². The molecule has 3 rings (SSSR count). The van der Waals surface area contributed by atoms with Gasteiger partial charge in [0.05, 0.1) is 17.5 Å². The molecule has 0 radical (unpaired) electrons. The predicted molar refractivity (Wildman–Crippen MR) is 83.0 cm³/mol. The van der Waals surface area contributed by atoms with Crippen molar-refractivity contribution in [2.45, 2.75) is 6.92 Å². The zero-order valence-electron chi connectivity index (χ0n) is 10.1. The minimum absolute atomic E-state index is 0.208. The Morgan fingerprint density at radius 2 is 2.05 bits per heavy atom. The zero-order chi connectivity index (χ0) is 13.4. The van der Waals surface area contributed by atoms with Crippen LogP contribution in [0.4, 0.5) is 0 Å². The Kier molecular flexibility index (Phi) is 3.06. The molecule has 0 fully saturated rings. The highest BCUT2D eigenvalue weighted by Crippen LogP contribution is 2.22. The summed E-state index contributed by atoms with van der Waals surface area (Å²) >= 11 is 2.26. The number of aromatic amines is 1. The molecule has 19 heavy (non-hydrogen) atoms. The van der Waals surface area contributed by atoms with E-state index in [2.05, 4.69) is 37.5 Å². The first-order chi connectivity index (χ1) is 9.15. The molecule has 3 aromatic rings. The minimum Gasteiger partial charge on any atom is -0.311 e. The Morgan fingerprint density at radius 3 is 2.84 bits per heavy atom. The monoisotopic (exact) mass is 363 g/mol. The van der Waals surface area contributed by atoms with E-state index in [1.807, 2.05) is 37.3 Å². The standard InChI is InChI=1S/C14H10IN3O/c1-8-5-11(9-3-2-4-10(15)6-9)18-13-12(8)16-7-17-14(13)19/h2-7H,1H3,(H,16,17,19). The SMILES string of the molecule is Cc1cc(-c2cccc(I)c2)nc2c(=O)[nH]cnc12. The van der Waals surface area contributed by atoms with E-state index >= 15 is 0 Å². The molecule has 0 aliphatic rings. The number of hydrogen-bond donors (Lipinski definition) is 1. The molecule has 94 valence electrons. The molecule has 1 N–H and O–H groups in total. The normalized spacial score (nSPS) is 10.8. The van der Waals surface area contributed by atoms with Crippen molar-refractivity contribution < 1.29 is 0 Å². The summed E-state index contributed by atoms with van der Waals surface area (Å²) in [6.07, 6.45) is 1.41. The van der Waals surface area contributed by atoms with Crippen molar-refractivity contribution in [2.24, 2.45) is 0 Å². The van der Waals surface area contributed by atoms with Gasteiger partial charge >= 0.3 is 0 Å². The molecule has 0 aliphatic carbocycles. The maximum absolute atomic E-state index is 11.8. The van der Waals surface area contributed by atoms with Gasteiger partial charge in [0.2, 0.25) is 0 Å². The predicted octanol–water partition coefficient (Wildman–Crippen LogP) is 2.90. The van der Waals surface area contributed by atoms with E-state index in [-0.39, 0.29) is 5.56 Å². The third kappa shape index (κ3) is 2.25. The Balaban J connectivity index is 2.32. The van der Waals surface area contributed by atoms with Crippen LogP contribution in [0, 0.1) is 10.5 Å². The van der Waals surface area contributed by atoms with Crippen LogP contribution in [0.15, 0.2) is 41.5 Å². The zero-order valence-corrected chi connectivity index (χ0v) is 12.3. The topological polar surface area (TPSA) is 58.6 Å². The number of pyridine rings is 1. The summed E-state index contributed by atoms with van der Waals surface area (Å²) < 4.78 is 1.13. The largest absolute Gasteiger partial charge is 0.311 e. The van der Waals surface area contributed by atoms with Crippen molar-refractivity contribution in [2.75, 3.05) is 0 Å². The molecular weight excluding hydrogens is 353 g/mol. The van der Waals surface area contributed by atoms with Gasteiger partial charge < -0.3 is 4.98 Å². The van der Waals surface area contributed by atoms with Crippen molar-refractivity contribution in [3.63, 3.8) is 0 Å². The Hall–Kier alpha value is -1.76. The van der Waals surface area contributed by atoms with E-state index in [1.54, 1.807) is 0 Å². The second kappa shape index (κ2) is 4.73. The Bertz CT molecular complexity index is 826. The lowest BCUT2D eigenvalue weighted by Gasteiger charge is -2.05. The first kappa shape index (κ1) is 12.3. The van der Waals surface area contributed by atoms with Crippen molar-refractivity contribution in [3.8, 4) is 11.3 Å². The van der Waals surface area contributed by atoms with E-state index in [1.165, 1.54) is 6.33 Å². The third-order valence-corrected chi connectivity index (χ3v) is 3.58. The minimum atomic E-state index is -0.208. The molecule has 0 saturated heterocycles. The molecule has 2 heterocycles. The number of nitrogens with one attached hydrogen (secondary N) is 1. The fraction of sp³-hybridized carbons (Fsp3) is 0.0714. The van der Waals surface area contributed by atoms with Gasteiger partial charge in [-0.3, -0.25) is 4.79 Å². The van der Waals surface area contributed by atoms with E-state index in [0.717, 1.165) is 20.4 Å². The number of halogens is 1. The lowest BCUT2D eigenvalue weighted by Crippen LogP contribution is -2.09. The number of hydrogen-bond acceptors (Lipinski definition) is 3. The number of benzene rings is 1. The molecular formula is C14H10IN3O. The summed E-state index contributed by atoms with van der Waals surface area (Å²) in [5.41, 5.74) is 3.57. The van der Waals surface area contributed by atoms with Gasteiger partial charge in [-0.05, 0) is 53.3 Å². The second-order valence-electron chi connectivity index (χ2n) is 4.26. The number of aromatic nitrogens is 3. The smallest absolute Gasteiger partial charge is 0.277 e. The fourth-order valence-electron chi connectivity index (χ4n) is 2.01. The molecule has 4 nitrogen and oxygen atoms in total. The molecule has 0 atom stereocenters. The van der Waals surface area contributed by atoms with Crippen molar-refractivity contribution >= 4 is 33.6 Å². The number of fused-ring (bicyclic) bond motifs is 1. The van der Waals surface area contributed by atoms with Gasteiger partial charge in [0.1, 0.15) is 0 Å². The van der Waals surface area contributed by atoms with E-state index < -0.39 is 0 Å². The highest BCUT2D eigenvalue weighted by atomic mass is 127. The van der Waals surface area contributed by atoms with Crippen molar-refractivity contribution in [3.05, 3.63) is 56.1 Å². The van der Waals surface area contributed by atoms with Crippen LogP contribution in [0.5, 0.6) is 0 Å². The van der Waals surface area contributed by atoms with Gasteiger partial charge in [-0.15, -0.1) is 0 Å². The van der Waals surface area contributed by atoms with E-state index in [9.17, 15) is 4.79 Å². The van der Waals surface area contributed by atoms with Gasteiger partial charge in [-0.1, -0.05) is 12.1 Å². The van der Waals surface area contributed by atoms with Gasteiger partial charge in [0, 0.05) is 9.13 Å². The first-order valence-corrected chi connectivity index (χ1v) is 6.84. The molecule has 0 amide bonds. The fourth-order valence-corrected chi connectivity index (χ4v) is 2.55. The average Bonchev–Trinajstić information content (AvgIpc) is 2.40. The maximum Gasteiger partial charge on any atom is 0.277 e. The quantitative estimate of drug-likeness (QED) is 0.677. The van der Waals surface area contributed by atoms with Gasteiger partial charge in [-0.25, -0.2) is 9.97 Å². The van der Waals surface area contributed by atoms with Gasteiger partial charge in [-0.2, -0.15) is 0 Å². The molecule has 0 saturated carbocycles. The Morgan fingerprint density at radius 1 is 1.21 bits per heavy atom. The Labute approximate surface area is 123 Å². The van der Waals surface area contributed by atoms with Crippen LogP contribution < -0.4 is 5.56 Å². The summed E-state index contributed by atoms with van der Waals surface area (Å²) in [5, 5.41) is 0. The number of nitrogens with zero attached hydrogens (tertiary/aromatic N) is 2. The molecule has 0 aliphatic heterocycles. The maximum atomic E-state index is 11.8. The molecule has 2 aromatic heterocycles. The van der Waals surface area contributed by atoms with Crippen molar-refractivity contribution in [1.29, 1.82) is 0 Å². The summed E-state index contributed by atoms with van der Waals surface area (Å²) in [4.78, 5) is 23.0.